The molecule has 1 aliphatic carbocycles. The molecule has 0 saturated carbocycles. The van der Waals surface area contributed by atoms with Crippen molar-refractivity contribution in [2.45, 2.75) is 65.6 Å². The molecule has 0 fully saturated rings. The van der Waals surface area contributed by atoms with Crippen LogP contribution in [0.1, 0.15) is 70.1 Å². The molecule has 0 radical (unpaired) electrons. The molecule has 3 aliphatic rings. The van der Waals surface area contributed by atoms with Crippen LogP contribution in [0.3, 0.4) is 0 Å². The number of aliphatic hydroxyl groups excluding tert-OH is 1. The molecule has 1 atom stereocenters. The fourth-order valence-electron chi connectivity index (χ4n) is 7.34. The molecule has 3 N–H and O–H groups in total. The molecule has 4 aromatic rings. The van der Waals surface area contributed by atoms with Crippen molar-refractivity contribution in [2.24, 2.45) is 12.5 Å². The second-order valence-corrected chi connectivity index (χ2v) is 14.4. The summed E-state index contributed by atoms with van der Waals surface area (Å²) in [6.45, 7) is 10.2. The van der Waals surface area contributed by atoms with Crippen LogP contribution in [0.25, 0.3) is 11.1 Å². The molecule has 0 bridgehead atoms. The third kappa shape index (κ3) is 5.19. The van der Waals surface area contributed by atoms with Crippen LogP contribution in [0.5, 0.6) is 0 Å². The maximum absolute atomic E-state index is 15.5. The van der Waals surface area contributed by atoms with Crippen molar-refractivity contribution in [1.82, 2.24) is 19.8 Å². The summed E-state index contributed by atoms with van der Waals surface area (Å²) < 4.78 is 17.0. The highest BCUT2D eigenvalue weighted by molar-refractivity contribution is 7.12. The maximum atomic E-state index is 15.5. The third-order valence-electron chi connectivity index (χ3n) is 9.56. The molecule has 0 spiro atoms. The van der Waals surface area contributed by atoms with Crippen LogP contribution in [0, 0.1) is 11.2 Å². The summed E-state index contributed by atoms with van der Waals surface area (Å²) in [4.78, 5) is 23.2. The first kappa shape index (κ1) is 29.3. The summed E-state index contributed by atoms with van der Waals surface area (Å²) >= 11 is 1.84. The first-order valence-corrected chi connectivity index (χ1v) is 16.4. The number of likely N-dealkylation sites (N-methyl/N-ethyl adjacent to an activating group) is 1. The number of nitrogens with zero attached hydrogens (tertiary/aromatic N) is 3. The smallest absolute Gasteiger partial charge is 0.274 e. The monoisotopic (exact) mass is 613 g/mol. The molecule has 0 amide bonds. The Hall–Kier alpha value is -3.37. The van der Waals surface area contributed by atoms with E-state index in [1.54, 1.807) is 25.4 Å². The number of thiophene rings is 1. The maximum Gasteiger partial charge on any atom is 0.274 e. The quantitative estimate of drug-likeness (QED) is 0.262. The highest BCUT2D eigenvalue weighted by Gasteiger charge is 2.37. The summed E-state index contributed by atoms with van der Waals surface area (Å²) in [7, 11) is 1.69. The lowest BCUT2D eigenvalue weighted by atomic mass is 9.86. The largest absolute Gasteiger partial charge is 0.392 e. The highest BCUT2D eigenvalue weighted by Crippen LogP contribution is 2.48. The van der Waals surface area contributed by atoms with Crippen molar-refractivity contribution < 1.29 is 9.50 Å². The van der Waals surface area contributed by atoms with Crippen molar-refractivity contribution in [1.29, 1.82) is 0 Å². The molecular weight excluding hydrogens is 573 g/mol. The van der Waals surface area contributed by atoms with Crippen LogP contribution in [-0.4, -0.2) is 39.2 Å². The van der Waals surface area contributed by atoms with Gasteiger partial charge in [-0.1, -0.05) is 26.8 Å². The van der Waals surface area contributed by atoms with Gasteiger partial charge in [-0.2, -0.15) is 0 Å². The SMILES string of the molecule is CCN1CCc2nc(Nc3cc(-c4cc(F)cc(C5NCCc6c5sc5c6CC(C)(C)C5)c4CO)cn(C)c3=O)ccc2C1. The zero-order valence-corrected chi connectivity index (χ0v) is 26.7. The van der Waals surface area contributed by atoms with E-state index in [0.717, 1.165) is 63.1 Å². The molecule has 1 unspecified atom stereocenters. The normalized spacial score (nSPS) is 19.0. The van der Waals surface area contributed by atoms with E-state index >= 15 is 4.39 Å². The molecule has 7 nitrogen and oxygen atoms in total. The molecular formula is C35H40FN5O2S. The van der Waals surface area contributed by atoms with Gasteiger partial charge in [0.2, 0.25) is 0 Å². The van der Waals surface area contributed by atoms with Crippen molar-refractivity contribution in [3.8, 4) is 11.1 Å². The molecule has 3 aromatic heterocycles. The Morgan fingerprint density at radius 3 is 2.82 bits per heavy atom. The number of aliphatic hydroxyl groups is 1. The predicted octanol–water partition coefficient (Wildman–Crippen LogP) is 5.62. The van der Waals surface area contributed by atoms with Gasteiger partial charge in [-0.15, -0.1) is 11.3 Å². The Bertz CT molecular complexity index is 1830. The van der Waals surface area contributed by atoms with Crippen molar-refractivity contribution in [3.63, 3.8) is 0 Å². The van der Waals surface area contributed by atoms with Gasteiger partial charge in [-0.3, -0.25) is 9.69 Å². The van der Waals surface area contributed by atoms with Gasteiger partial charge in [-0.25, -0.2) is 9.37 Å². The van der Waals surface area contributed by atoms with Crippen molar-refractivity contribution in [2.75, 3.05) is 25.0 Å². The second kappa shape index (κ2) is 11.2. The van der Waals surface area contributed by atoms with E-state index in [1.165, 1.54) is 37.1 Å². The van der Waals surface area contributed by atoms with Crippen LogP contribution >= 0.6 is 11.3 Å². The van der Waals surface area contributed by atoms with Gasteiger partial charge in [-0.05, 0) is 88.9 Å². The Balaban J connectivity index is 1.26. The van der Waals surface area contributed by atoms with E-state index in [-0.39, 0.29) is 29.4 Å². The first-order valence-electron chi connectivity index (χ1n) is 15.6. The minimum Gasteiger partial charge on any atom is -0.392 e. The summed E-state index contributed by atoms with van der Waals surface area (Å²) in [6, 6.07) is 8.58. The molecule has 7 rings (SSSR count). The fraction of sp³-hybridized carbons (Fsp3) is 0.429. The van der Waals surface area contributed by atoms with Gasteiger partial charge in [0.15, 0.2) is 0 Å². The zero-order valence-electron chi connectivity index (χ0n) is 25.9. The van der Waals surface area contributed by atoms with Gasteiger partial charge < -0.3 is 20.3 Å². The number of benzene rings is 1. The van der Waals surface area contributed by atoms with E-state index in [4.69, 9.17) is 4.98 Å². The molecule has 0 saturated heterocycles. The number of hydrogen-bond donors (Lipinski definition) is 3. The fourth-order valence-corrected chi connectivity index (χ4v) is 9.06. The van der Waals surface area contributed by atoms with Crippen molar-refractivity contribution >= 4 is 22.8 Å². The summed E-state index contributed by atoms with van der Waals surface area (Å²) in [6.07, 6.45) is 5.69. The Labute approximate surface area is 261 Å². The number of nitrogens with one attached hydrogen (secondary N) is 2. The van der Waals surface area contributed by atoms with E-state index in [9.17, 15) is 9.90 Å². The standard InChI is InChI=1S/C35H40FN5O2S/c1-5-41-11-9-28-20(18-41)6-7-31(38-28)39-29-12-21(17-40(4)34(29)43)24-13-22(36)14-25(27(24)19-42)32-33-23(8-10-37-32)26-15-35(2,3)16-30(26)44-33/h6-7,12-14,17,32,37,42H,5,8-11,15-16,18-19H2,1-4H3,(H,38,39). The predicted molar refractivity (Wildman–Crippen MR) is 174 cm³/mol. The van der Waals surface area contributed by atoms with Gasteiger partial charge in [0.1, 0.15) is 17.3 Å². The molecule has 230 valence electrons. The van der Waals surface area contributed by atoms with Crippen molar-refractivity contribution in [3.05, 3.63) is 96.0 Å². The number of aryl methyl sites for hydroxylation is 1. The third-order valence-corrected chi connectivity index (χ3v) is 10.9. The molecule has 9 heteroatoms. The number of aromatic nitrogens is 2. The average Bonchev–Trinajstić information content (AvgIpc) is 3.50. The second-order valence-electron chi connectivity index (χ2n) is 13.3. The molecule has 44 heavy (non-hydrogen) atoms. The first-order chi connectivity index (χ1) is 21.1. The average molecular weight is 614 g/mol. The minimum atomic E-state index is -0.368. The molecule has 5 heterocycles. The van der Waals surface area contributed by atoms with E-state index in [2.05, 4.69) is 42.4 Å². The number of hydrogen-bond acceptors (Lipinski definition) is 7. The van der Waals surface area contributed by atoms with Gasteiger partial charge in [0, 0.05) is 60.3 Å². The lowest BCUT2D eigenvalue weighted by Crippen LogP contribution is -2.31. The number of anilines is 2. The van der Waals surface area contributed by atoms with Crippen LogP contribution in [-0.2, 0) is 45.9 Å². The van der Waals surface area contributed by atoms with Gasteiger partial charge >= 0.3 is 0 Å². The number of rotatable bonds is 6. The van der Waals surface area contributed by atoms with Crippen LogP contribution in [0.2, 0.25) is 0 Å². The van der Waals surface area contributed by atoms with E-state index < -0.39 is 0 Å². The Morgan fingerprint density at radius 2 is 2.02 bits per heavy atom. The summed E-state index contributed by atoms with van der Waals surface area (Å²) in [5.41, 5.74) is 8.23. The number of halogens is 1. The summed E-state index contributed by atoms with van der Waals surface area (Å²) in [5, 5.41) is 17.6. The van der Waals surface area contributed by atoms with E-state index in [1.807, 2.05) is 17.4 Å². The lowest BCUT2D eigenvalue weighted by molar-refractivity contribution is 0.266. The summed E-state index contributed by atoms with van der Waals surface area (Å²) in [5.74, 6) is 0.241. The zero-order chi connectivity index (χ0) is 30.7. The van der Waals surface area contributed by atoms with Gasteiger partial charge in [0.05, 0.1) is 12.6 Å². The van der Waals surface area contributed by atoms with Crippen LogP contribution < -0.4 is 16.2 Å². The number of pyridine rings is 2. The lowest BCUT2D eigenvalue weighted by Gasteiger charge is -2.29. The Kier molecular flexibility index (Phi) is 7.48. The molecule has 1 aromatic carbocycles. The highest BCUT2D eigenvalue weighted by atomic mass is 32.1. The minimum absolute atomic E-state index is 0.192. The topological polar surface area (TPSA) is 82.4 Å². The number of fused-ring (bicyclic) bond motifs is 4. The Morgan fingerprint density at radius 1 is 1.18 bits per heavy atom. The van der Waals surface area contributed by atoms with Gasteiger partial charge in [0.25, 0.3) is 5.56 Å². The van der Waals surface area contributed by atoms with Crippen LogP contribution in [0.4, 0.5) is 15.9 Å². The molecule has 2 aliphatic heterocycles. The van der Waals surface area contributed by atoms with E-state index in [0.29, 0.717) is 28.2 Å². The van der Waals surface area contributed by atoms with Crippen LogP contribution in [0.15, 0.2) is 41.3 Å².